The minimum atomic E-state index is 0.0705. The highest BCUT2D eigenvalue weighted by atomic mass is 16.1. The van der Waals surface area contributed by atoms with Crippen molar-refractivity contribution < 1.29 is 4.79 Å². The third-order valence-corrected chi connectivity index (χ3v) is 2.66. The highest BCUT2D eigenvalue weighted by molar-refractivity contribution is 6.06. The number of hydrogen-bond acceptors (Lipinski definition) is 1. The van der Waals surface area contributed by atoms with Crippen molar-refractivity contribution in [3.05, 3.63) is 48.0 Å². The number of benzene rings is 1. The molecule has 0 spiro atoms. The normalized spacial score (nSPS) is 25.8. The van der Waals surface area contributed by atoms with Crippen LogP contribution in [0.1, 0.15) is 17.0 Å². The second-order valence-electron chi connectivity index (χ2n) is 3.50. The molecule has 1 fully saturated rings. The number of ketones is 1. The molecule has 1 nitrogen and oxygen atoms in total. The zero-order valence-electron chi connectivity index (χ0n) is 7.66. The van der Waals surface area contributed by atoms with Crippen molar-refractivity contribution in [2.75, 3.05) is 0 Å². The van der Waals surface area contributed by atoms with Gasteiger partial charge in [-0.25, -0.2) is 0 Å². The van der Waals surface area contributed by atoms with Gasteiger partial charge in [-0.2, -0.15) is 0 Å². The Morgan fingerprint density at radius 3 is 2.62 bits per heavy atom. The average molecular weight is 172 g/mol. The van der Waals surface area contributed by atoms with Crippen LogP contribution < -0.4 is 0 Å². The van der Waals surface area contributed by atoms with E-state index in [1.54, 1.807) is 6.08 Å². The smallest absolute Gasteiger partial charge is 0.149 e. The molecule has 1 heteroatoms. The van der Waals surface area contributed by atoms with Gasteiger partial charge in [-0.15, -0.1) is 6.58 Å². The number of hydrogen-bond donors (Lipinski definition) is 0. The second kappa shape index (κ2) is 2.84. The molecule has 0 bridgehead atoms. The van der Waals surface area contributed by atoms with Crippen LogP contribution >= 0.6 is 0 Å². The predicted octanol–water partition coefficient (Wildman–Crippen LogP) is 2.46. The zero-order chi connectivity index (χ0) is 9.42. The van der Waals surface area contributed by atoms with Gasteiger partial charge in [0.25, 0.3) is 0 Å². The second-order valence-corrected chi connectivity index (χ2v) is 3.50. The van der Waals surface area contributed by atoms with E-state index in [0.717, 1.165) is 5.56 Å². The Morgan fingerprint density at radius 1 is 1.38 bits per heavy atom. The van der Waals surface area contributed by atoms with Crippen molar-refractivity contribution in [1.29, 1.82) is 0 Å². The summed E-state index contributed by atoms with van der Waals surface area (Å²) in [5.74, 6) is 0.476. The minimum absolute atomic E-state index is 0.0705. The fourth-order valence-corrected chi connectivity index (χ4v) is 1.79. The summed E-state index contributed by atoms with van der Waals surface area (Å²) in [5.41, 5.74) is 2.36. The van der Waals surface area contributed by atoms with E-state index in [2.05, 4.69) is 6.58 Å². The molecular weight excluding hydrogens is 160 g/mol. The first kappa shape index (κ1) is 8.24. The van der Waals surface area contributed by atoms with E-state index in [1.807, 2.05) is 31.2 Å². The van der Waals surface area contributed by atoms with Crippen molar-refractivity contribution in [3.63, 3.8) is 0 Å². The molecule has 1 aromatic rings. The molecule has 0 amide bonds. The van der Waals surface area contributed by atoms with Crippen molar-refractivity contribution in [1.82, 2.24) is 0 Å². The van der Waals surface area contributed by atoms with Crippen LogP contribution in [0.2, 0.25) is 0 Å². The summed E-state index contributed by atoms with van der Waals surface area (Å²) in [6.07, 6.45) is 1.75. The number of carbonyl (C=O) groups is 1. The summed E-state index contributed by atoms with van der Waals surface area (Å²) in [5, 5.41) is 0. The maximum atomic E-state index is 11.3. The molecule has 0 radical (unpaired) electrons. The molecule has 2 rings (SSSR count). The van der Waals surface area contributed by atoms with Crippen molar-refractivity contribution in [3.8, 4) is 0 Å². The fourth-order valence-electron chi connectivity index (χ4n) is 1.79. The quantitative estimate of drug-likeness (QED) is 0.626. The number of aryl methyl sites for hydroxylation is 1. The molecule has 2 atom stereocenters. The summed E-state index contributed by atoms with van der Waals surface area (Å²) < 4.78 is 0. The maximum Gasteiger partial charge on any atom is 0.149 e. The first-order chi connectivity index (χ1) is 6.25. The lowest BCUT2D eigenvalue weighted by Crippen LogP contribution is -1.86. The lowest BCUT2D eigenvalue weighted by Gasteiger charge is -2.00. The first-order valence-corrected chi connectivity index (χ1v) is 4.47. The molecular formula is C12H12O. The van der Waals surface area contributed by atoms with E-state index in [0.29, 0.717) is 5.78 Å². The predicted molar refractivity (Wildman–Crippen MR) is 52.6 cm³/mol. The summed E-state index contributed by atoms with van der Waals surface area (Å²) in [7, 11) is 0. The summed E-state index contributed by atoms with van der Waals surface area (Å²) in [4.78, 5) is 11.3. The lowest BCUT2D eigenvalue weighted by atomic mass is 10.0. The van der Waals surface area contributed by atoms with Crippen molar-refractivity contribution in [2.24, 2.45) is 5.92 Å². The molecule has 0 aromatic heterocycles. The topological polar surface area (TPSA) is 17.1 Å². The van der Waals surface area contributed by atoms with Crippen LogP contribution in [0.3, 0.4) is 0 Å². The molecule has 1 aliphatic carbocycles. The van der Waals surface area contributed by atoms with Crippen LogP contribution in [-0.2, 0) is 4.79 Å². The standard InChI is InChI=1S/C12H12O/c1-3-9-11(12(9)13)10-7-5-4-6-8(10)2/h3-7,9,11H,1H2,2H3. The number of allylic oxidation sites excluding steroid dienone is 1. The number of Topliss-reactive ketones (excluding diaryl/α,β-unsaturated/α-hetero) is 1. The monoisotopic (exact) mass is 172 g/mol. The molecule has 0 N–H and O–H groups in total. The van der Waals surface area contributed by atoms with Gasteiger partial charge in [-0.3, -0.25) is 4.79 Å². The number of rotatable bonds is 2. The van der Waals surface area contributed by atoms with Crippen LogP contribution in [0.15, 0.2) is 36.9 Å². The lowest BCUT2D eigenvalue weighted by molar-refractivity contribution is -0.111. The van der Waals surface area contributed by atoms with Gasteiger partial charge in [0.2, 0.25) is 0 Å². The third kappa shape index (κ3) is 1.21. The Balaban J connectivity index is 2.34. The van der Waals surface area contributed by atoms with Gasteiger partial charge in [0, 0.05) is 5.92 Å². The van der Waals surface area contributed by atoms with Gasteiger partial charge in [-0.1, -0.05) is 30.3 Å². The van der Waals surface area contributed by atoms with Gasteiger partial charge in [0.1, 0.15) is 5.78 Å². The molecule has 1 aromatic carbocycles. The molecule has 1 aliphatic rings. The van der Waals surface area contributed by atoms with Gasteiger partial charge in [0.15, 0.2) is 0 Å². The van der Waals surface area contributed by atoms with Gasteiger partial charge < -0.3 is 0 Å². The Bertz CT molecular complexity index is 365. The largest absolute Gasteiger partial charge is 0.298 e. The Labute approximate surface area is 78.1 Å². The molecule has 1 saturated carbocycles. The van der Waals surface area contributed by atoms with Crippen molar-refractivity contribution in [2.45, 2.75) is 12.8 Å². The highest BCUT2D eigenvalue weighted by Crippen LogP contribution is 2.44. The zero-order valence-corrected chi connectivity index (χ0v) is 7.66. The molecule has 0 heterocycles. The van der Waals surface area contributed by atoms with Gasteiger partial charge in [-0.05, 0) is 18.1 Å². The van der Waals surface area contributed by atoms with Gasteiger partial charge in [0.05, 0.1) is 5.92 Å². The molecule has 13 heavy (non-hydrogen) atoms. The van der Waals surface area contributed by atoms with Crippen molar-refractivity contribution >= 4 is 5.78 Å². The van der Waals surface area contributed by atoms with Crippen LogP contribution in [0, 0.1) is 12.8 Å². The SMILES string of the molecule is C=CC1C(=O)C1c1ccccc1C. The third-order valence-electron chi connectivity index (χ3n) is 2.66. The summed E-state index contributed by atoms with van der Waals surface area (Å²) in [6.45, 7) is 5.70. The van der Waals surface area contributed by atoms with E-state index in [-0.39, 0.29) is 11.8 Å². The summed E-state index contributed by atoms with van der Waals surface area (Å²) in [6, 6.07) is 8.05. The van der Waals surface area contributed by atoms with E-state index in [4.69, 9.17) is 0 Å². The van der Waals surface area contributed by atoms with Gasteiger partial charge >= 0.3 is 0 Å². The van der Waals surface area contributed by atoms with Crippen LogP contribution in [0.4, 0.5) is 0 Å². The Kier molecular flexibility index (Phi) is 1.80. The average Bonchev–Trinajstić information content (AvgIpc) is 2.77. The van der Waals surface area contributed by atoms with E-state index < -0.39 is 0 Å². The Morgan fingerprint density at radius 2 is 2.08 bits per heavy atom. The number of carbonyl (C=O) groups excluding carboxylic acids is 1. The molecule has 0 aliphatic heterocycles. The maximum absolute atomic E-state index is 11.3. The minimum Gasteiger partial charge on any atom is -0.298 e. The summed E-state index contributed by atoms with van der Waals surface area (Å²) >= 11 is 0. The molecule has 2 unspecified atom stereocenters. The fraction of sp³-hybridized carbons (Fsp3) is 0.250. The van der Waals surface area contributed by atoms with Crippen LogP contribution in [0.25, 0.3) is 0 Å². The highest BCUT2D eigenvalue weighted by Gasteiger charge is 2.48. The van der Waals surface area contributed by atoms with Crippen LogP contribution in [-0.4, -0.2) is 5.78 Å². The van der Waals surface area contributed by atoms with E-state index in [9.17, 15) is 4.79 Å². The van der Waals surface area contributed by atoms with Crippen LogP contribution in [0.5, 0.6) is 0 Å². The molecule has 0 saturated heterocycles. The van der Waals surface area contributed by atoms with E-state index >= 15 is 0 Å². The van der Waals surface area contributed by atoms with E-state index in [1.165, 1.54) is 5.56 Å². The molecule has 66 valence electrons. The Hall–Kier alpha value is -1.37. The first-order valence-electron chi connectivity index (χ1n) is 4.47.